The molecule has 166 valence electrons. The number of methoxy groups -OCH3 is 1. The van der Waals surface area contributed by atoms with Crippen LogP contribution in [0.25, 0.3) is 0 Å². The summed E-state index contributed by atoms with van der Waals surface area (Å²) in [6.45, 7) is -0.147. The molecule has 8 heteroatoms. The lowest BCUT2D eigenvalue weighted by Gasteiger charge is -2.17. The van der Waals surface area contributed by atoms with Crippen molar-refractivity contribution >= 4 is 23.5 Å². The first kappa shape index (κ1) is 22.6. The van der Waals surface area contributed by atoms with E-state index in [0.717, 1.165) is 5.56 Å². The highest BCUT2D eigenvalue weighted by atomic mass is 16.5. The van der Waals surface area contributed by atoms with Gasteiger partial charge >= 0.3 is 11.9 Å². The van der Waals surface area contributed by atoms with Crippen LogP contribution in [-0.2, 0) is 32.0 Å². The minimum atomic E-state index is -0.893. The molecule has 0 saturated heterocycles. The van der Waals surface area contributed by atoms with Crippen molar-refractivity contribution in [3.63, 3.8) is 0 Å². The monoisotopic (exact) mass is 436 g/mol. The number of furan rings is 1. The SMILES string of the molecule is COC(=O)C(Cc1ccccc1)NC(=O)COC(=O)c1ccccc1NCc1ccco1. The molecular formula is C24H24N2O6. The Morgan fingerprint density at radius 1 is 0.969 bits per heavy atom. The molecule has 1 amide bonds. The number of ether oxygens (including phenoxy) is 2. The zero-order valence-electron chi connectivity index (χ0n) is 17.6. The maximum atomic E-state index is 12.5. The number of para-hydroxylation sites is 1. The van der Waals surface area contributed by atoms with E-state index in [0.29, 0.717) is 18.0 Å². The van der Waals surface area contributed by atoms with Gasteiger partial charge in [-0.1, -0.05) is 42.5 Å². The molecule has 0 fully saturated rings. The number of hydrogen-bond acceptors (Lipinski definition) is 7. The minimum Gasteiger partial charge on any atom is -0.467 e. The molecule has 0 spiro atoms. The first-order valence-electron chi connectivity index (χ1n) is 10.0. The van der Waals surface area contributed by atoms with E-state index >= 15 is 0 Å². The number of amides is 1. The van der Waals surface area contributed by atoms with Gasteiger partial charge in [-0.15, -0.1) is 0 Å². The van der Waals surface area contributed by atoms with Crippen LogP contribution in [0.15, 0.2) is 77.4 Å². The van der Waals surface area contributed by atoms with Crippen LogP contribution < -0.4 is 10.6 Å². The van der Waals surface area contributed by atoms with E-state index in [4.69, 9.17) is 13.9 Å². The van der Waals surface area contributed by atoms with E-state index in [1.165, 1.54) is 7.11 Å². The second-order valence-electron chi connectivity index (χ2n) is 6.89. The summed E-state index contributed by atoms with van der Waals surface area (Å²) in [6.07, 6.45) is 1.82. The molecule has 1 unspecified atom stereocenters. The summed E-state index contributed by atoms with van der Waals surface area (Å²) in [5, 5.41) is 5.67. The van der Waals surface area contributed by atoms with Crippen LogP contribution >= 0.6 is 0 Å². The van der Waals surface area contributed by atoms with Gasteiger partial charge < -0.3 is 24.5 Å². The molecule has 3 aromatic rings. The molecular weight excluding hydrogens is 412 g/mol. The molecule has 1 heterocycles. The molecule has 1 aromatic heterocycles. The summed E-state index contributed by atoms with van der Waals surface area (Å²) in [5.74, 6) is -1.15. The van der Waals surface area contributed by atoms with Crippen molar-refractivity contribution < 1.29 is 28.3 Å². The van der Waals surface area contributed by atoms with Crippen LogP contribution in [0, 0.1) is 0 Å². The van der Waals surface area contributed by atoms with Crippen LogP contribution in [0.2, 0.25) is 0 Å². The van der Waals surface area contributed by atoms with E-state index in [1.807, 2.05) is 36.4 Å². The fourth-order valence-corrected chi connectivity index (χ4v) is 3.04. The van der Waals surface area contributed by atoms with Gasteiger partial charge in [0.15, 0.2) is 6.61 Å². The van der Waals surface area contributed by atoms with E-state index in [9.17, 15) is 14.4 Å². The van der Waals surface area contributed by atoms with Crippen LogP contribution in [0.1, 0.15) is 21.7 Å². The Hall–Kier alpha value is -4.07. The smallest absolute Gasteiger partial charge is 0.340 e. The number of nitrogens with one attached hydrogen (secondary N) is 2. The fraction of sp³-hybridized carbons (Fsp3) is 0.208. The molecule has 0 radical (unpaired) electrons. The Kier molecular flexibility index (Phi) is 8.02. The third-order valence-corrected chi connectivity index (χ3v) is 4.62. The van der Waals surface area contributed by atoms with E-state index < -0.39 is 30.5 Å². The Morgan fingerprint density at radius 3 is 2.44 bits per heavy atom. The van der Waals surface area contributed by atoms with Crippen molar-refractivity contribution in [3.05, 3.63) is 89.9 Å². The average molecular weight is 436 g/mol. The zero-order valence-corrected chi connectivity index (χ0v) is 17.6. The van der Waals surface area contributed by atoms with E-state index in [1.54, 1.807) is 36.6 Å². The van der Waals surface area contributed by atoms with Gasteiger partial charge in [-0.05, 0) is 29.8 Å². The van der Waals surface area contributed by atoms with Gasteiger partial charge in [0.1, 0.15) is 11.8 Å². The van der Waals surface area contributed by atoms with E-state index in [2.05, 4.69) is 10.6 Å². The number of hydrogen-bond donors (Lipinski definition) is 2. The van der Waals surface area contributed by atoms with Crippen molar-refractivity contribution in [1.82, 2.24) is 5.32 Å². The summed E-state index contributed by atoms with van der Waals surface area (Å²) in [7, 11) is 1.25. The van der Waals surface area contributed by atoms with Gasteiger partial charge in [0.25, 0.3) is 5.91 Å². The Labute approximate surface area is 185 Å². The number of benzene rings is 2. The summed E-state index contributed by atoms with van der Waals surface area (Å²) in [6, 6.07) is 18.7. The molecule has 32 heavy (non-hydrogen) atoms. The molecule has 2 aromatic carbocycles. The second-order valence-corrected chi connectivity index (χ2v) is 6.89. The van der Waals surface area contributed by atoms with Crippen molar-refractivity contribution in [2.24, 2.45) is 0 Å². The number of rotatable bonds is 10. The van der Waals surface area contributed by atoms with Crippen molar-refractivity contribution in [1.29, 1.82) is 0 Å². The quantitative estimate of drug-likeness (QED) is 0.471. The standard InChI is InChI=1S/C24H24N2O6/c1-30-24(29)21(14-17-8-3-2-4-9-17)26-22(27)16-32-23(28)19-11-5-6-12-20(19)25-15-18-10-7-13-31-18/h2-13,21,25H,14-16H2,1H3,(H,26,27). The molecule has 0 bridgehead atoms. The molecule has 0 aliphatic rings. The van der Waals surface area contributed by atoms with Crippen molar-refractivity contribution in [2.75, 3.05) is 19.0 Å². The second kappa shape index (κ2) is 11.4. The van der Waals surface area contributed by atoms with Crippen LogP contribution in [0.3, 0.4) is 0 Å². The number of esters is 2. The van der Waals surface area contributed by atoms with Crippen LogP contribution in [0.5, 0.6) is 0 Å². The Balaban J connectivity index is 1.56. The summed E-state index contributed by atoms with van der Waals surface area (Å²) in [4.78, 5) is 36.9. The topological polar surface area (TPSA) is 107 Å². The highest BCUT2D eigenvalue weighted by molar-refractivity contribution is 5.97. The maximum Gasteiger partial charge on any atom is 0.340 e. The Morgan fingerprint density at radius 2 is 1.72 bits per heavy atom. The highest BCUT2D eigenvalue weighted by Crippen LogP contribution is 2.17. The number of anilines is 1. The highest BCUT2D eigenvalue weighted by Gasteiger charge is 2.23. The normalized spacial score (nSPS) is 11.3. The molecule has 3 rings (SSSR count). The summed E-state index contributed by atoms with van der Waals surface area (Å²) < 4.78 is 15.2. The average Bonchev–Trinajstić information content (AvgIpc) is 3.35. The number of carbonyl (C=O) groups is 3. The van der Waals surface area contributed by atoms with Gasteiger partial charge in [0.05, 0.1) is 25.5 Å². The van der Waals surface area contributed by atoms with E-state index in [-0.39, 0.29) is 12.0 Å². The minimum absolute atomic E-state index is 0.257. The van der Waals surface area contributed by atoms with Gasteiger partial charge in [-0.3, -0.25) is 4.79 Å². The van der Waals surface area contributed by atoms with Crippen LogP contribution in [-0.4, -0.2) is 37.6 Å². The van der Waals surface area contributed by atoms with Crippen LogP contribution in [0.4, 0.5) is 5.69 Å². The lowest BCUT2D eigenvalue weighted by Crippen LogP contribution is -2.44. The number of carbonyl (C=O) groups excluding carboxylic acids is 3. The van der Waals surface area contributed by atoms with Gasteiger partial charge in [-0.25, -0.2) is 9.59 Å². The molecule has 1 atom stereocenters. The zero-order chi connectivity index (χ0) is 22.8. The molecule has 2 N–H and O–H groups in total. The predicted molar refractivity (Wildman–Crippen MR) is 117 cm³/mol. The lowest BCUT2D eigenvalue weighted by atomic mass is 10.1. The van der Waals surface area contributed by atoms with Crippen molar-refractivity contribution in [3.8, 4) is 0 Å². The summed E-state index contributed by atoms with van der Waals surface area (Å²) in [5.41, 5.74) is 1.68. The largest absolute Gasteiger partial charge is 0.467 e. The van der Waals surface area contributed by atoms with Gasteiger partial charge in [0, 0.05) is 12.1 Å². The molecule has 8 nitrogen and oxygen atoms in total. The third kappa shape index (κ3) is 6.46. The first-order valence-corrected chi connectivity index (χ1v) is 10.0. The maximum absolute atomic E-state index is 12.5. The fourth-order valence-electron chi connectivity index (χ4n) is 3.04. The molecule has 0 saturated carbocycles. The van der Waals surface area contributed by atoms with Crippen molar-refractivity contribution in [2.45, 2.75) is 19.0 Å². The third-order valence-electron chi connectivity index (χ3n) is 4.62. The Bertz CT molecular complexity index is 1030. The predicted octanol–water partition coefficient (Wildman–Crippen LogP) is 2.95. The van der Waals surface area contributed by atoms with Gasteiger partial charge in [-0.2, -0.15) is 0 Å². The molecule has 0 aliphatic carbocycles. The molecule has 0 aliphatic heterocycles. The lowest BCUT2D eigenvalue weighted by molar-refractivity contribution is -0.145. The van der Waals surface area contributed by atoms with Gasteiger partial charge in [0.2, 0.25) is 0 Å². The first-order chi connectivity index (χ1) is 15.6. The summed E-state index contributed by atoms with van der Waals surface area (Å²) >= 11 is 0.